The molecule has 0 bridgehead atoms. The van der Waals surface area contributed by atoms with Gasteiger partial charge in [-0.3, -0.25) is 0 Å². The topological polar surface area (TPSA) is 15.3 Å². The summed E-state index contributed by atoms with van der Waals surface area (Å²) in [6, 6.07) is 17.6. The van der Waals surface area contributed by atoms with E-state index in [1.807, 2.05) is 0 Å². The molecule has 120 valence electrons. The van der Waals surface area contributed by atoms with Gasteiger partial charge in [0.05, 0.1) is 0 Å². The van der Waals surface area contributed by atoms with Crippen LogP contribution in [0.1, 0.15) is 23.1 Å². The first-order chi connectivity index (χ1) is 11.4. The molecule has 2 heterocycles. The minimum Gasteiger partial charge on any atom is -0.384 e. The van der Waals surface area contributed by atoms with Gasteiger partial charge < -0.3 is 10.2 Å². The van der Waals surface area contributed by atoms with Gasteiger partial charge in [-0.15, -0.1) is 0 Å². The summed E-state index contributed by atoms with van der Waals surface area (Å²) in [6.45, 7) is 4.93. The van der Waals surface area contributed by atoms with Crippen LogP contribution in [0.3, 0.4) is 0 Å². The number of nitrogens with one attached hydrogen (secondary N) is 1. The fraction of sp³-hybridized carbons (Fsp3) is 0.429. The minimum atomic E-state index is 0.860. The van der Waals surface area contributed by atoms with Gasteiger partial charge in [-0.05, 0) is 60.9 Å². The summed E-state index contributed by atoms with van der Waals surface area (Å²) < 4.78 is 0. The second-order valence-corrected chi connectivity index (χ2v) is 7.04. The molecular formula is C21H26N2. The van der Waals surface area contributed by atoms with Gasteiger partial charge in [0.2, 0.25) is 0 Å². The van der Waals surface area contributed by atoms with Crippen molar-refractivity contribution in [1.82, 2.24) is 4.90 Å². The van der Waals surface area contributed by atoms with E-state index in [0.29, 0.717) is 0 Å². The van der Waals surface area contributed by atoms with E-state index in [2.05, 4.69) is 58.7 Å². The Bertz CT molecular complexity index is 644. The van der Waals surface area contributed by atoms with Crippen molar-refractivity contribution >= 4 is 5.69 Å². The molecular weight excluding hydrogens is 280 g/mol. The zero-order chi connectivity index (χ0) is 15.5. The molecule has 1 fully saturated rings. The molecule has 2 aromatic carbocycles. The SMILES string of the molecule is c1ccc(CCCN2CC(Cc3cccc4c3CCN4)C2)cc1. The van der Waals surface area contributed by atoms with E-state index in [-0.39, 0.29) is 0 Å². The van der Waals surface area contributed by atoms with E-state index in [1.54, 1.807) is 11.1 Å². The highest BCUT2D eigenvalue weighted by molar-refractivity contribution is 5.58. The maximum atomic E-state index is 3.49. The first-order valence-electron chi connectivity index (χ1n) is 8.99. The van der Waals surface area contributed by atoms with Gasteiger partial charge in [-0.2, -0.15) is 0 Å². The van der Waals surface area contributed by atoms with Crippen LogP contribution in [0.25, 0.3) is 0 Å². The maximum Gasteiger partial charge on any atom is 0.0376 e. The second-order valence-electron chi connectivity index (χ2n) is 7.04. The molecule has 0 unspecified atom stereocenters. The zero-order valence-electron chi connectivity index (χ0n) is 13.8. The van der Waals surface area contributed by atoms with Gasteiger partial charge in [0.15, 0.2) is 0 Å². The smallest absolute Gasteiger partial charge is 0.0376 e. The predicted molar refractivity (Wildman–Crippen MR) is 97.0 cm³/mol. The molecule has 2 aliphatic heterocycles. The Morgan fingerprint density at radius 2 is 1.87 bits per heavy atom. The van der Waals surface area contributed by atoms with Gasteiger partial charge in [0.1, 0.15) is 0 Å². The lowest BCUT2D eigenvalue weighted by molar-refractivity contribution is 0.0994. The van der Waals surface area contributed by atoms with Gasteiger partial charge >= 0.3 is 0 Å². The van der Waals surface area contributed by atoms with Crippen molar-refractivity contribution in [2.45, 2.75) is 25.7 Å². The third-order valence-corrected chi connectivity index (χ3v) is 5.29. The summed E-state index contributed by atoms with van der Waals surface area (Å²) in [5, 5.41) is 3.49. The van der Waals surface area contributed by atoms with E-state index in [1.165, 1.54) is 56.6 Å². The molecule has 0 aromatic heterocycles. The summed E-state index contributed by atoms with van der Waals surface area (Å²) >= 11 is 0. The highest BCUT2D eigenvalue weighted by Crippen LogP contribution is 2.29. The van der Waals surface area contributed by atoms with Crippen molar-refractivity contribution < 1.29 is 0 Å². The Hall–Kier alpha value is -1.80. The number of fused-ring (bicyclic) bond motifs is 1. The Balaban J connectivity index is 1.21. The number of aryl methyl sites for hydroxylation is 1. The lowest BCUT2D eigenvalue weighted by Crippen LogP contribution is -2.47. The van der Waals surface area contributed by atoms with Crippen molar-refractivity contribution in [2.75, 3.05) is 31.5 Å². The number of nitrogens with zero attached hydrogens (tertiary/aromatic N) is 1. The Morgan fingerprint density at radius 1 is 1.00 bits per heavy atom. The predicted octanol–water partition coefficient (Wildman–Crippen LogP) is 3.76. The number of hydrogen-bond acceptors (Lipinski definition) is 2. The van der Waals surface area contributed by atoms with Crippen LogP contribution in [0.4, 0.5) is 5.69 Å². The van der Waals surface area contributed by atoms with Crippen molar-refractivity contribution in [3.63, 3.8) is 0 Å². The van der Waals surface area contributed by atoms with Gasteiger partial charge in [0, 0.05) is 25.3 Å². The molecule has 23 heavy (non-hydrogen) atoms. The average Bonchev–Trinajstić information content (AvgIpc) is 3.03. The summed E-state index contributed by atoms with van der Waals surface area (Å²) in [5.41, 5.74) is 6.01. The summed E-state index contributed by atoms with van der Waals surface area (Å²) in [4.78, 5) is 2.62. The zero-order valence-corrected chi connectivity index (χ0v) is 13.8. The molecule has 1 saturated heterocycles. The van der Waals surface area contributed by atoms with Gasteiger partial charge in [-0.1, -0.05) is 42.5 Å². The van der Waals surface area contributed by atoms with Gasteiger partial charge in [-0.25, -0.2) is 0 Å². The number of likely N-dealkylation sites (tertiary alicyclic amines) is 1. The third kappa shape index (κ3) is 3.42. The molecule has 0 radical (unpaired) electrons. The standard InChI is InChI=1S/C21H26N2/c1-2-6-17(7-3-1)8-5-13-23-15-18(16-23)14-19-9-4-10-21-20(19)11-12-22-21/h1-4,6-7,9-10,18,22H,5,8,11-16H2. The molecule has 2 nitrogen and oxygen atoms in total. The van der Waals surface area contributed by atoms with Crippen LogP contribution in [0.15, 0.2) is 48.5 Å². The number of benzene rings is 2. The van der Waals surface area contributed by atoms with E-state index in [4.69, 9.17) is 0 Å². The summed E-state index contributed by atoms with van der Waals surface area (Å²) in [7, 11) is 0. The first kappa shape index (κ1) is 14.8. The van der Waals surface area contributed by atoms with Crippen LogP contribution in [0.5, 0.6) is 0 Å². The monoisotopic (exact) mass is 306 g/mol. The minimum absolute atomic E-state index is 0.860. The molecule has 0 atom stereocenters. The van der Waals surface area contributed by atoms with Crippen molar-refractivity contribution in [3.8, 4) is 0 Å². The van der Waals surface area contributed by atoms with Crippen molar-refractivity contribution in [1.29, 1.82) is 0 Å². The van der Waals surface area contributed by atoms with E-state index < -0.39 is 0 Å². The molecule has 2 aromatic rings. The molecule has 1 N–H and O–H groups in total. The van der Waals surface area contributed by atoms with E-state index in [0.717, 1.165) is 12.5 Å². The van der Waals surface area contributed by atoms with Crippen LogP contribution in [0, 0.1) is 5.92 Å². The first-order valence-corrected chi connectivity index (χ1v) is 8.99. The lowest BCUT2D eigenvalue weighted by atomic mass is 9.89. The molecule has 2 heteroatoms. The van der Waals surface area contributed by atoms with Crippen LogP contribution >= 0.6 is 0 Å². The van der Waals surface area contributed by atoms with E-state index in [9.17, 15) is 0 Å². The Kier molecular flexibility index (Phi) is 4.34. The van der Waals surface area contributed by atoms with Crippen molar-refractivity contribution in [2.24, 2.45) is 5.92 Å². The van der Waals surface area contributed by atoms with Crippen molar-refractivity contribution in [3.05, 3.63) is 65.2 Å². The molecule has 4 rings (SSSR count). The number of hydrogen-bond donors (Lipinski definition) is 1. The van der Waals surface area contributed by atoms with Gasteiger partial charge in [0.25, 0.3) is 0 Å². The molecule has 2 aliphatic rings. The Labute approximate surface area is 139 Å². The Morgan fingerprint density at radius 3 is 2.74 bits per heavy atom. The number of anilines is 1. The fourth-order valence-electron chi connectivity index (χ4n) is 4.06. The van der Waals surface area contributed by atoms with E-state index >= 15 is 0 Å². The number of rotatable bonds is 6. The highest BCUT2D eigenvalue weighted by Gasteiger charge is 2.27. The van der Waals surface area contributed by atoms with Crippen LogP contribution in [-0.4, -0.2) is 31.1 Å². The normalized spacial score (nSPS) is 17.6. The fourth-order valence-corrected chi connectivity index (χ4v) is 4.06. The molecule has 0 amide bonds. The average molecular weight is 306 g/mol. The summed E-state index contributed by atoms with van der Waals surface area (Å²) in [5.74, 6) is 0.860. The lowest BCUT2D eigenvalue weighted by Gasteiger charge is -2.39. The maximum absolute atomic E-state index is 3.49. The third-order valence-electron chi connectivity index (χ3n) is 5.29. The largest absolute Gasteiger partial charge is 0.384 e. The van der Waals surface area contributed by atoms with Crippen LogP contribution < -0.4 is 5.32 Å². The molecule has 0 saturated carbocycles. The molecule has 0 aliphatic carbocycles. The molecule has 0 spiro atoms. The second kappa shape index (κ2) is 6.76. The highest BCUT2D eigenvalue weighted by atomic mass is 15.2. The van der Waals surface area contributed by atoms with Crippen LogP contribution in [0.2, 0.25) is 0 Å². The van der Waals surface area contributed by atoms with Crippen LogP contribution in [-0.2, 0) is 19.3 Å². The quantitative estimate of drug-likeness (QED) is 0.874. The summed E-state index contributed by atoms with van der Waals surface area (Å²) in [6.07, 6.45) is 4.96.